The fourth-order valence-corrected chi connectivity index (χ4v) is 3.05. The van der Waals surface area contributed by atoms with E-state index in [2.05, 4.69) is 11.4 Å². The first-order valence-electron chi connectivity index (χ1n) is 8.96. The molecular formula is C23H16N2O4. The predicted molar refractivity (Wildman–Crippen MR) is 106 cm³/mol. The lowest BCUT2D eigenvalue weighted by atomic mass is 9.99. The lowest BCUT2D eigenvalue weighted by Gasteiger charge is -2.18. The number of fused-ring (bicyclic) bond motifs is 1. The lowest BCUT2D eigenvalue weighted by molar-refractivity contribution is -0.118. The van der Waals surface area contributed by atoms with Crippen LogP contribution >= 0.6 is 0 Å². The molecule has 1 heterocycles. The lowest BCUT2D eigenvalue weighted by Crippen LogP contribution is -2.25. The number of hydrogen-bond donors (Lipinski definition) is 1. The predicted octanol–water partition coefficient (Wildman–Crippen LogP) is 3.91. The van der Waals surface area contributed by atoms with Crippen molar-refractivity contribution >= 4 is 17.6 Å². The second-order valence-corrected chi connectivity index (χ2v) is 6.48. The molecule has 6 nitrogen and oxygen atoms in total. The molecule has 0 fully saturated rings. The van der Waals surface area contributed by atoms with Crippen molar-refractivity contribution in [2.24, 2.45) is 0 Å². The van der Waals surface area contributed by atoms with Crippen molar-refractivity contribution < 1.29 is 19.1 Å². The van der Waals surface area contributed by atoms with E-state index in [-0.39, 0.29) is 19.1 Å². The van der Waals surface area contributed by atoms with Crippen LogP contribution in [0.5, 0.6) is 5.75 Å². The molecule has 4 rings (SSSR count). The van der Waals surface area contributed by atoms with Crippen molar-refractivity contribution in [3.8, 4) is 22.9 Å². The van der Waals surface area contributed by atoms with Crippen LogP contribution in [0.15, 0.2) is 66.7 Å². The number of rotatable bonds is 4. The zero-order chi connectivity index (χ0) is 20.2. The standard InChI is InChI=1S/C23H16N2O4/c24-12-18-3-1-2-4-19(18)16-7-5-15(6-8-16)13-29-23(27)17-9-10-20-21(11-17)28-14-22(26)25-20/h1-11H,13-14H2,(H,25,26). The molecule has 0 spiro atoms. The van der Waals surface area contributed by atoms with Gasteiger partial charge in [-0.15, -0.1) is 0 Å². The van der Waals surface area contributed by atoms with E-state index in [4.69, 9.17) is 9.47 Å². The third-order valence-electron chi connectivity index (χ3n) is 4.53. The maximum atomic E-state index is 12.3. The molecule has 0 bridgehead atoms. The molecule has 1 aliphatic rings. The van der Waals surface area contributed by atoms with Gasteiger partial charge in [-0.05, 0) is 41.0 Å². The van der Waals surface area contributed by atoms with Gasteiger partial charge in [-0.25, -0.2) is 4.79 Å². The highest BCUT2D eigenvalue weighted by atomic mass is 16.5. The minimum absolute atomic E-state index is 0.0766. The maximum absolute atomic E-state index is 12.3. The first-order chi connectivity index (χ1) is 14.1. The summed E-state index contributed by atoms with van der Waals surface area (Å²) in [5.41, 5.74) is 4.10. The van der Waals surface area contributed by atoms with Gasteiger partial charge in [-0.3, -0.25) is 4.79 Å². The Morgan fingerprint density at radius 3 is 2.69 bits per heavy atom. The van der Waals surface area contributed by atoms with Gasteiger partial charge in [0.2, 0.25) is 0 Å². The van der Waals surface area contributed by atoms with Crippen LogP contribution in [-0.2, 0) is 16.1 Å². The number of carbonyl (C=O) groups is 2. The van der Waals surface area contributed by atoms with Gasteiger partial charge in [0.15, 0.2) is 6.61 Å². The topological polar surface area (TPSA) is 88.4 Å². The van der Waals surface area contributed by atoms with Crippen LogP contribution in [0.1, 0.15) is 21.5 Å². The SMILES string of the molecule is N#Cc1ccccc1-c1ccc(COC(=O)c2ccc3c(c2)OCC(=O)N3)cc1. The minimum atomic E-state index is -0.479. The minimum Gasteiger partial charge on any atom is -0.482 e. The number of nitriles is 1. The van der Waals surface area contributed by atoms with Crippen LogP contribution in [-0.4, -0.2) is 18.5 Å². The Morgan fingerprint density at radius 2 is 1.90 bits per heavy atom. The monoisotopic (exact) mass is 384 g/mol. The van der Waals surface area contributed by atoms with Crippen molar-refractivity contribution in [1.82, 2.24) is 0 Å². The molecule has 1 aliphatic heterocycles. The second kappa shape index (κ2) is 7.87. The molecule has 6 heteroatoms. The largest absolute Gasteiger partial charge is 0.482 e. The van der Waals surface area contributed by atoms with Crippen LogP contribution < -0.4 is 10.1 Å². The Bertz CT molecular complexity index is 1130. The number of hydrogen-bond acceptors (Lipinski definition) is 5. The van der Waals surface area contributed by atoms with E-state index in [1.807, 2.05) is 42.5 Å². The van der Waals surface area contributed by atoms with E-state index in [9.17, 15) is 14.9 Å². The summed E-state index contributed by atoms with van der Waals surface area (Å²) in [5.74, 6) is -0.263. The van der Waals surface area contributed by atoms with Gasteiger partial charge >= 0.3 is 5.97 Å². The van der Waals surface area contributed by atoms with E-state index in [1.54, 1.807) is 24.3 Å². The zero-order valence-electron chi connectivity index (χ0n) is 15.3. The average Bonchev–Trinajstić information content (AvgIpc) is 2.77. The van der Waals surface area contributed by atoms with Gasteiger partial charge in [-0.1, -0.05) is 42.5 Å². The van der Waals surface area contributed by atoms with Gasteiger partial charge in [0.25, 0.3) is 5.91 Å². The normalized spacial score (nSPS) is 12.2. The fraction of sp³-hybridized carbons (Fsp3) is 0.0870. The fourth-order valence-electron chi connectivity index (χ4n) is 3.05. The Hall–Kier alpha value is -4.11. The molecule has 0 unspecified atom stereocenters. The van der Waals surface area contributed by atoms with Gasteiger partial charge in [0.05, 0.1) is 22.9 Å². The highest BCUT2D eigenvalue weighted by molar-refractivity contribution is 5.97. The summed E-state index contributed by atoms with van der Waals surface area (Å²) in [4.78, 5) is 23.6. The molecule has 0 aromatic heterocycles. The molecule has 0 radical (unpaired) electrons. The maximum Gasteiger partial charge on any atom is 0.338 e. The molecule has 142 valence electrons. The number of benzene rings is 3. The van der Waals surface area contributed by atoms with Crippen LogP contribution in [0.4, 0.5) is 5.69 Å². The Balaban J connectivity index is 1.42. The molecular weight excluding hydrogens is 368 g/mol. The number of esters is 1. The van der Waals surface area contributed by atoms with E-state index in [0.29, 0.717) is 22.6 Å². The summed E-state index contributed by atoms with van der Waals surface area (Å²) in [6.45, 7) is 0.0421. The summed E-state index contributed by atoms with van der Waals surface area (Å²) >= 11 is 0. The van der Waals surface area contributed by atoms with Crippen molar-refractivity contribution in [2.75, 3.05) is 11.9 Å². The molecule has 0 saturated heterocycles. The van der Waals surface area contributed by atoms with Crippen molar-refractivity contribution in [3.63, 3.8) is 0 Å². The van der Waals surface area contributed by atoms with E-state index in [0.717, 1.165) is 16.7 Å². The summed E-state index contributed by atoms with van der Waals surface area (Å²) in [7, 11) is 0. The Kier molecular flexibility index (Phi) is 4.95. The average molecular weight is 384 g/mol. The number of amides is 1. The highest BCUT2D eigenvalue weighted by Crippen LogP contribution is 2.29. The smallest absolute Gasteiger partial charge is 0.338 e. The molecule has 0 aliphatic carbocycles. The van der Waals surface area contributed by atoms with Gasteiger partial charge in [0, 0.05) is 0 Å². The number of nitrogens with zero attached hydrogens (tertiary/aromatic N) is 1. The van der Waals surface area contributed by atoms with Crippen LogP contribution in [0.3, 0.4) is 0 Å². The molecule has 1 N–H and O–H groups in total. The zero-order valence-corrected chi connectivity index (χ0v) is 15.3. The Labute approximate surface area is 167 Å². The highest BCUT2D eigenvalue weighted by Gasteiger charge is 2.18. The molecule has 0 saturated carbocycles. The Morgan fingerprint density at radius 1 is 1.10 bits per heavy atom. The van der Waals surface area contributed by atoms with E-state index < -0.39 is 5.97 Å². The molecule has 0 atom stereocenters. The summed E-state index contributed by atoms with van der Waals surface area (Å²) in [5, 5.41) is 11.9. The quantitative estimate of drug-likeness (QED) is 0.689. The number of ether oxygens (including phenoxy) is 2. The van der Waals surface area contributed by atoms with Crippen molar-refractivity contribution in [1.29, 1.82) is 5.26 Å². The number of carbonyl (C=O) groups excluding carboxylic acids is 2. The van der Waals surface area contributed by atoms with Crippen molar-refractivity contribution in [2.45, 2.75) is 6.61 Å². The molecule has 3 aromatic rings. The summed E-state index contributed by atoms with van der Waals surface area (Å²) in [6.07, 6.45) is 0. The van der Waals surface area contributed by atoms with E-state index >= 15 is 0 Å². The molecule has 1 amide bonds. The molecule has 3 aromatic carbocycles. The van der Waals surface area contributed by atoms with Crippen molar-refractivity contribution in [3.05, 3.63) is 83.4 Å². The van der Waals surface area contributed by atoms with Crippen LogP contribution in [0.25, 0.3) is 11.1 Å². The summed E-state index contributed by atoms with van der Waals surface area (Å²) in [6, 6.07) is 21.9. The number of anilines is 1. The summed E-state index contributed by atoms with van der Waals surface area (Å²) < 4.78 is 10.7. The van der Waals surface area contributed by atoms with Gasteiger partial charge in [0.1, 0.15) is 12.4 Å². The number of nitrogens with one attached hydrogen (secondary N) is 1. The van der Waals surface area contributed by atoms with Gasteiger partial charge in [-0.2, -0.15) is 5.26 Å². The molecule has 29 heavy (non-hydrogen) atoms. The third-order valence-corrected chi connectivity index (χ3v) is 4.53. The van der Waals surface area contributed by atoms with Gasteiger partial charge < -0.3 is 14.8 Å². The van der Waals surface area contributed by atoms with Crippen LogP contribution in [0.2, 0.25) is 0 Å². The second-order valence-electron chi connectivity index (χ2n) is 6.48. The first-order valence-corrected chi connectivity index (χ1v) is 8.96. The van der Waals surface area contributed by atoms with E-state index in [1.165, 1.54) is 0 Å². The first kappa shape index (κ1) is 18.3. The van der Waals surface area contributed by atoms with Crippen LogP contribution in [0, 0.1) is 11.3 Å². The third kappa shape index (κ3) is 3.94.